The van der Waals surface area contributed by atoms with Crippen LogP contribution in [0, 0.1) is 0 Å². The number of nitrogens with one attached hydrogen (secondary N) is 2. The summed E-state index contributed by atoms with van der Waals surface area (Å²) < 4.78 is 6.42. The number of rotatable bonds is 2. The van der Waals surface area contributed by atoms with Crippen LogP contribution in [0.1, 0.15) is 12.8 Å². The van der Waals surface area contributed by atoms with Crippen LogP contribution >= 0.6 is 0 Å². The Bertz CT molecular complexity index is 2300. The molecule has 11 rings (SSSR count). The maximum Gasteiger partial charge on any atom is 0.187 e. The van der Waals surface area contributed by atoms with Crippen molar-refractivity contribution in [3.8, 4) is 0 Å². The Morgan fingerprint density at radius 3 is 1.78 bits per heavy atom. The minimum absolute atomic E-state index is 0.00323. The summed E-state index contributed by atoms with van der Waals surface area (Å²) in [6, 6.07) is 39.1. The first-order valence-electron chi connectivity index (χ1n) is 15.6. The van der Waals surface area contributed by atoms with Gasteiger partial charge in [0.25, 0.3) is 0 Å². The van der Waals surface area contributed by atoms with Gasteiger partial charge in [0.2, 0.25) is 0 Å². The SMILES string of the molecule is C1=CC2=C(CC1)NC1N2c2ccccc2N1c1ccc2oc3ccc(N4c5ccccc5N5c6ccccc6NC45)cc3c2c1. The molecule has 0 radical (unpaired) electrons. The van der Waals surface area contributed by atoms with Crippen molar-refractivity contribution in [3.63, 3.8) is 0 Å². The third kappa shape index (κ3) is 3.04. The lowest BCUT2D eigenvalue weighted by molar-refractivity contribution is 0.628. The van der Waals surface area contributed by atoms with Gasteiger partial charge in [-0.1, -0.05) is 42.5 Å². The van der Waals surface area contributed by atoms with E-state index in [0.717, 1.165) is 51.8 Å². The third-order valence-corrected chi connectivity index (χ3v) is 9.93. The van der Waals surface area contributed by atoms with Crippen molar-refractivity contribution in [2.24, 2.45) is 0 Å². The molecule has 0 fully saturated rings. The highest BCUT2D eigenvalue weighted by molar-refractivity contribution is 6.08. The monoisotopic (exact) mass is 584 g/mol. The lowest BCUT2D eigenvalue weighted by atomic mass is 10.1. The zero-order chi connectivity index (χ0) is 29.2. The Labute approximate surface area is 259 Å². The Kier molecular flexibility index (Phi) is 4.42. The fourth-order valence-corrected chi connectivity index (χ4v) is 8.02. The van der Waals surface area contributed by atoms with E-state index in [0.29, 0.717) is 0 Å². The summed E-state index contributed by atoms with van der Waals surface area (Å²) in [5.41, 5.74) is 13.8. The van der Waals surface area contributed by atoms with E-state index in [9.17, 15) is 0 Å². The van der Waals surface area contributed by atoms with Crippen LogP contribution in [0.3, 0.4) is 0 Å². The third-order valence-electron chi connectivity index (χ3n) is 9.93. The molecule has 5 heterocycles. The van der Waals surface area contributed by atoms with Gasteiger partial charge < -0.3 is 24.9 Å². The number of hydrogen-bond donors (Lipinski definition) is 2. The largest absolute Gasteiger partial charge is 0.456 e. The standard InChI is InChI=1S/C38H28N6O/c1-3-11-29-27(9-1)39-37-41(31-13-5-7-15-33(31)43(29)37)23-17-19-35-25(21-23)26-22-24(18-20-36(26)45-35)42-32-14-6-8-16-34(32)44-30-12-4-2-10-28(30)40-38(42)44/h1,3-9,11-22,37-40H,2,10H2. The number of furan rings is 1. The quantitative estimate of drug-likeness (QED) is 0.211. The summed E-state index contributed by atoms with van der Waals surface area (Å²) in [6.07, 6.45) is 6.64. The van der Waals surface area contributed by atoms with Gasteiger partial charge in [0.15, 0.2) is 12.6 Å². The van der Waals surface area contributed by atoms with E-state index in [2.05, 4.69) is 152 Å². The highest BCUT2D eigenvalue weighted by atomic mass is 16.3. The highest BCUT2D eigenvalue weighted by Crippen LogP contribution is 2.54. The van der Waals surface area contributed by atoms with Gasteiger partial charge in [0.1, 0.15) is 11.2 Å². The van der Waals surface area contributed by atoms with Crippen LogP contribution in [0.15, 0.2) is 137 Å². The molecule has 0 amide bonds. The topological polar surface area (TPSA) is 50.2 Å². The Balaban J connectivity index is 1.04. The number of allylic oxidation sites excluding steroid dienone is 3. The molecule has 0 spiro atoms. The van der Waals surface area contributed by atoms with Crippen molar-refractivity contribution in [3.05, 3.63) is 133 Å². The second-order valence-corrected chi connectivity index (χ2v) is 12.3. The molecule has 5 aliphatic rings. The fraction of sp³-hybridized carbons (Fsp3) is 0.105. The van der Waals surface area contributed by atoms with E-state index in [1.165, 1.54) is 39.8 Å². The molecule has 45 heavy (non-hydrogen) atoms. The molecule has 7 heteroatoms. The molecule has 2 atom stereocenters. The van der Waals surface area contributed by atoms with E-state index in [4.69, 9.17) is 4.42 Å². The minimum atomic E-state index is -0.0425. The van der Waals surface area contributed by atoms with Crippen LogP contribution in [0.5, 0.6) is 0 Å². The van der Waals surface area contributed by atoms with Gasteiger partial charge in [-0.05, 0) is 91.7 Å². The molecule has 0 saturated heterocycles. The molecule has 0 bridgehead atoms. The van der Waals surface area contributed by atoms with E-state index < -0.39 is 0 Å². The van der Waals surface area contributed by atoms with Crippen molar-refractivity contribution in [2.45, 2.75) is 25.4 Å². The number of benzene rings is 5. The lowest BCUT2D eigenvalue weighted by Crippen LogP contribution is -2.44. The average Bonchev–Trinajstić information content (AvgIpc) is 3.87. The van der Waals surface area contributed by atoms with Crippen LogP contribution in [0.25, 0.3) is 21.9 Å². The molecule has 1 aliphatic carbocycles. The normalized spacial score (nSPS) is 20.3. The molecular formula is C38H28N6O. The van der Waals surface area contributed by atoms with Gasteiger partial charge in [0.05, 0.1) is 39.8 Å². The first kappa shape index (κ1) is 23.6. The molecule has 5 aromatic carbocycles. The van der Waals surface area contributed by atoms with Gasteiger partial charge in [-0.2, -0.15) is 0 Å². The molecule has 1 aromatic heterocycles. The van der Waals surface area contributed by atoms with E-state index in [1.807, 2.05) is 0 Å². The molecule has 6 aromatic rings. The van der Waals surface area contributed by atoms with Gasteiger partial charge >= 0.3 is 0 Å². The Hall–Kier alpha value is -5.82. The number of anilines is 8. The van der Waals surface area contributed by atoms with Crippen molar-refractivity contribution in [2.75, 3.05) is 24.9 Å². The first-order chi connectivity index (χ1) is 22.3. The number of para-hydroxylation sites is 6. The smallest absolute Gasteiger partial charge is 0.187 e. The van der Waals surface area contributed by atoms with Crippen molar-refractivity contribution >= 4 is 67.4 Å². The molecule has 2 unspecified atom stereocenters. The summed E-state index contributed by atoms with van der Waals surface area (Å²) in [5.74, 6) is 0. The van der Waals surface area contributed by atoms with Crippen LogP contribution in [0.4, 0.5) is 45.5 Å². The van der Waals surface area contributed by atoms with E-state index >= 15 is 0 Å². The molecular weight excluding hydrogens is 556 g/mol. The van der Waals surface area contributed by atoms with Crippen LogP contribution in [0.2, 0.25) is 0 Å². The van der Waals surface area contributed by atoms with E-state index in [1.54, 1.807) is 0 Å². The minimum Gasteiger partial charge on any atom is -0.456 e. The summed E-state index contributed by atoms with van der Waals surface area (Å²) in [5, 5.41) is 9.85. The average molecular weight is 585 g/mol. The van der Waals surface area contributed by atoms with Crippen molar-refractivity contribution in [1.82, 2.24) is 5.32 Å². The van der Waals surface area contributed by atoms with Gasteiger partial charge in [0, 0.05) is 27.8 Å². The molecule has 7 nitrogen and oxygen atoms in total. The predicted octanol–water partition coefficient (Wildman–Crippen LogP) is 8.99. The molecule has 216 valence electrons. The van der Waals surface area contributed by atoms with E-state index in [-0.39, 0.29) is 12.6 Å². The number of hydrogen-bond acceptors (Lipinski definition) is 7. The van der Waals surface area contributed by atoms with Crippen LogP contribution in [-0.2, 0) is 0 Å². The summed E-state index contributed by atoms with van der Waals surface area (Å²) >= 11 is 0. The molecule has 0 saturated carbocycles. The highest BCUT2D eigenvalue weighted by Gasteiger charge is 2.44. The van der Waals surface area contributed by atoms with Crippen molar-refractivity contribution < 1.29 is 4.42 Å². The molecule has 4 aliphatic heterocycles. The van der Waals surface area contributed by atoms with Gasteiger partial charge in [-0.25, -0.2) is 0 Å². The van der Waals surface area contributed by atoms with Crippen molar-refractivity contribution in [1.29, 1.82) is 0 Å². The Morgan fingerprint density at radius 2 is 1.11 bits per heavy atom. The zero-order valence-corrected chi connectivity index (χ0v) is 24.3. The lowest BCUT2D eigenvalue weighted by Gasteiger charge is -2.28. The fourth-order valence-electron chi connectivity index (χ4n) is 8.02. The van der Waals surface area contributed by atoms with Crippen LogP contribution < -0.4 is 30.2 Å². The summed E-state index contributed by atoms with van der Waals surface area (Å²) in [7, 11) is 0. The second-order valence-electron chi connectivity index (χ2n) is 12.3. The number of nitrogens with zero attached hydrogens (tertiary/aromatic N) is 4. The maximum absolute atomic E-state index is 6.42. The summed E-state index contributed by atoms with van der Waals surface area (Å²) in [6.45, 7) is 0. The number of fused-ring (bicyclic) bond motifs is 12. The van der Waals surface area contributed by atoms with Gasteiger partial charge in [-0.15, -0.1) is 0 Å². The zero-order valence-electron chi connectivity index (χ0n) is 24.3. The van der Waals surface area contributed by atoms with Crippen LogP contribution in [-0.4, -0.2) is 12.6 Å². The predicted molar refractivity (Wildman–Crippen MR) is 182 cm³/mol. The second kappa shape index (κ2) is 8.42. The molecule has 2 N–H and O–H groups in total. The first-order valence-corrected chi connectivity index (χ1v) is 15.6. The van der Waals surface area contributed by atoms with Gasteiger partial charge in [-0.3, -0.25) is 9.80 Å². The summed E-state index contributed by atoms with van der Waals surface area (Å²) in [4.78, 5) is 9.67. The Morgan fingerprint density at radius 1 is 0.556 bits per heavy atom. The maximum atomic E-state index is 6.42.